The zero-order chi connectivity index (χ0) is 16.4. The summed E-state index contributed by atoms with van der Waals surface area (Å²) in [5.74, 6) is 1.39. The second kappa shape index (κ2) is 6.49. The molecule has 3 fully saturated rings. The minimum atomic E-state index is -0.259. The third-order valence-electron chi connectivity index (χ3n) is 5.84. The lowest BCUT2D eigenvalue weighted by Gasteiger charge is -2.15. The molecule has 3 unspecified atom stereocenters. The highest BCUT2D eigenvalue weighted by molar-refractivity contribution is 5.80. The molecule has 2 aliphatic carbocycles. The number of rotatable bonds is 2. The van der Waals surface area contributed by atoms with E-state index in [1.165, 1.54) is 0 Å². The molecule has 0 aromatic carbocycles. The number of hydrogen-bond donors (Lipinski definition) is 0. The Kier molecular flexibility index (Phi) is 4.60. The molecule has 0 spiro atoms. The predicted octanol–water partition coefficient (Wildman–Crippen LogP) is 2.68. The van der Waals surface area contributed by atoms with Crippen LogP contribution in [0.1, 0.15) is 45.4 Å². The minimum absolute atomic E-state index is 0.00599. The molecule has 124 valence electrons. The molecule has 3 aliphatic rings. The van der Waals surface area contributed by atoms with Crippen LogP contribution in [0, 0.1) is 34.7 Å². The van der Waals surface area contributed by atoms with Gasteiger partial charge >= 0.3 is 12.5 Å². The Morgan fingerprint density at radius 1 is 1.39 bits per heavy atom. The molecule has 0 bridgehead atoms. The number of fused-ring (bicyclic) bond motifs is 1. The Hall–Kier alpha value is -1.59. The van der Waals surface area contributed by atoms with Gasteiger partial charge in [-0.3, -0.25) is 4.79 Å². The fraction of sp³-hybridized carbons (Fsp3) is 0.833. The van der Waals surface area contributed by atoms with E-state index in [1.807, 2.05) is 0 Å². The van der Waals surface area contributed by atoms with Gasteiger partial charge in [0.05, 0.1) is 12.2 Å². The third kappa shape index (κ3) is 3.35. The van der Waals surface area contributed by atoms with Crippen molar-refractivity contribution >= 4 is 5.91 Å². The molecule has 23 heavy (non-hydrogen) atoms. The molecule has 1 saturated heterocycles. The van der Waals surface area contributed by atoms with Gasteiger partial charge in [-0.05, 0) is 57.3 Å². The van der Waals surface area contributed by atoms with E-state index in [0.717, 1.165) is 38.5 Å². The summed E-state index contributed by atoms with van der Waals surface area (Å²) in [6, 6.07) is 5.20. The maximum absolute atomic E-state index is 12.2. The van der Waals surface area contributed by atoms with E-state index in [-0.39, 0.29) is 23.9 Å². The van der Waals surface area contributed by atoms with Crippen LogP contribution in [0.4, 0.5) is 0 Å². The molecule has 5 nitrogen and oxygen atoms in total. The van der Waals surface area contributed by atoms with Crippen LogP contribution in [0.5, 0.6) is 0 Å². The van der Waals surface area contributed by atoms with Crippen LogP contribution >= 0.6 is 0 Å². The number of nitriles is 1. The van der Waals surface area contributed by atoms with Crippen LogP contribution in [0.25, 0.3) is 4.85 Å². The lowest BCUT2D eigenvalue weighted by atomic mass is 9.87. The van der Waals surface area contributed by atoms with Gasteiger partial charge in [-0.2, -0.15) is 5.26 Å². The summed E-state index contributed by atoms with van der Waals surface area (Å²) in [7, 11) is 1.80. The second-order valence-electron chi connectivity index (χ2n) is 7.62. The van der Waals surface area contributed by atoms with Gasteiger partial charge in [0, 0.05) is 13.7 Å². The average Bonchev–Trinajstić information content (AvgIpc) is 3.19. The van der Waals surface area contributed by atoms with Crippen molar-refractivity contribution in [2.75, 3.05) is 20.2 Å². The summed E-state index contributed by atoms with van der Waals surface area (Å²) >= 11 is 0. The Labute approximate surface area is 138 Å². The normalized spacial score (nSPS) is 38.7. The molecule has 0 N–H and O–H groups in total. The first-order valence-electron chi connectivity index (χ1n) is 8.70. The SMILES string of the molecule is COC1CC2CC(C)(C#[N+]CC(=O)N3CCCC3C#N)CC2C1. The molecular weight excluding hydrogens is 290 g/mol. The zero-order valence-corrected chi connectivity index (χ0v) is 14.1. The first kappa shape index (κ1) is 16.3. The van der Waals surface area contributed by atoms with Gasteiger partial charge in [-0.1, -0.05) is 4.85 Å². The van der Waals surface area contributed by atoms with Crippen LogP contribution in [-0.2, 0) is 9.53 Å². The molecule has 0 aromatic rings. The Morgan fingerprint density at radius 2 is 2.09 bits per heavy atom. The fourth-order valence-corrected chi connectivity index (χ4v) is 4.77. The van der Waals surface area contributed by atoms with E-state index < -0.39 is 0 Å². The van der Waals surface area contributed by atoms with E-state index in [2.05, 4.69) is 23.9 Å². The molecule has 3 rings (SSSR count). The van der Waals surface area contributed by atoms with Crippen molar-refractivity contribution in [3.63, 3.8) is 0 Å². The van der Waals surface area contributed by atoms with E-state index >= 15 is 0 Å². The molecule has 0 aromatic heterocycles. The van der Waals surface area contributed by atoms with Gasteiger partial charge in [0.1, 0.15) is 11.5 Å². The van der Waals surface area contributed by atoms with Crippen LogP contribution in [0.2, 0.25) is 0 Å². The lowest BCUT2D eigenvalue weighted by Crippen LogP contribution is -2.35. The van der Waals surface area contributed by atoms with Crippen molar-refractivity contribution < 1.29 is 9.53 Å². The van der Waals surface area contributed by atoms with Gasteiger partial charge < -0.3 is 9.64 Å². The number of hydrogen-bond acceptors (Lipinski definition) is 3. The molecule has 5 heteroatoms. The highest BCUT2D eigenvalue weighted by atomic mass is 16.5. The topological polar surface area (TPSA) is 57.7 Å². The van der Waals surface area contributed by atoms with Crippen LogP contribution in [-0.4, -0.2) is 43.2 Å². The average molecular weight is 316 g/mol. The summed E-state index contributed by atoms with van der Waals surface area (Å²) in [5.41, 5.74) is -0.00599. The Balaban J connectivity index is 1.54. The lowest BCUT2D eigenvalue weighted by molar-refractivity contribution is -0.128. The quantitative estimate of drug-likeness (QED) is 0.787. The summed E-state index contributed by atoms with van der Waals surface area (Å²) in [5, 5.41) is 9.06. The number of amides is 1. The van der Waals surface area contributed by atoms with E-state index in [1.54, 1.807) is 12.0 Å². The summed E-state index contributed by atoms with van der Waals surface area (Å²) in [6.07, 6.45) is 6.62. The van der Waals surface area contributed by atoms with Crippen molar-refractivity contribution in [1.82, 2.24) is 4.90 Å². The monoisotopic (exact) mass is 316 g/mol. The van der Waals surface area contributed by atoms with Crippen molar-refractivity contribution in [3.8, 4) is 12.1 Å². The summed E-state index contributed by atoms with van der Waals surface area (Å²) in [6.45, 7) is 3.02. The van der Waals surface area contributed by atoms with Gasteiger partial charge in [0.25, 0.3) is 6.07 Å². The standard InChI is InChI=1S/C18H26N3O2/c1-18(8-13-6-16(23-2)7-14(13)9-18)12-20-11-17(22)21-5-3-4-15(21)10-19/h13-16H,3-9,11H2,1-2H3/q+1. The van der Waals surface area contributed by atoms with Gasteiger partial charge in [0.2, 0.25) is 0 Å². The molecule has 1 amide bonds. The predicted molar refractivity (Wildman–Crippen MR) is 86.8 cm³/mol. The number of likely N-dealkylation sites (tertiary alicyclic amines) is 1. The van der Waals surface area contributed by atoms with E-state index in [9.17, 15) is 4.79 Å². The van der Waals surface area contributed by atoms with Crippen molar-refractivity contribution in [2.45, 2.75) is 57.6 Å². The molecule has 1 heterocycles. The molecule has 3 atom stereocenters. The largest absolute Gasteiger partial charge is 0.381 e. The maximum atomic E-state index is 12.2. The first-order valence-corrected chi connectivity index (χ1v) is 8.70. The maximum Gasteiger partial charge on any atom is 0.340 e. The first-order chi connectivity index (χ1) is 11.0. The molecular formula is C18H26N3O2+. The van der Waals surface area contributed by atoms with Gasteiger partial charge in [0.15, 0.2) is 0 Å². The van der Waals surface area contributed by atoms with Crippen molar-refractivity contribution in [3.05, 3.63) is 4.85 Å². The molecule has 2 saturated carbocycles. The van der Waals surface area contributed by atoms with Crippen LogP contribution in [0.3, 0.4) is 0 Å². The number of carbonyl (C=O) groups is 1. The number of ether oxygens (including phenoxy) is 1. The van der Waals surface area contributed by atoms with Crippen molar-refractivity contribution in [2.24, 2.45) is 17.3 Å². The van der Waals surface area contributed by atoms with Gasteiger partial charge in [-0.15, -0.1) is 0 Å². The highest BCUT2D eigenvalue weighted by Crippen LogP contribution is 2.53. The Morgan fingerprint density at radius 3 is 2.70 bits per heavy atom. The fourth-order valence-electron chi connectivity index (χ4n) is 4.77. The summed E-state index contributed by atoms with van der Waals surface area (Å²) in [4.78, 5) is 18.2. The third-order valence-corrected chi connectivity index (χ3v) is 5.84. The number of methoxy groups -OCH3 is 1. The van der Waals surface area contributed by atoms with E-state index in [0.29, 0.717) is 24.5 Å². The van der Waals surface area contributed by atoms with Gasteiger partial charge in [-0.25, -0.2) is 0 Å². The Bertz CT molecular complexity index is 557. The van der Waals surface area contributed by atoms with Crippen LogP contribution in [0.15, 0.2) is 0 Å². The summed E-state index contributed by atoms with van der Waals surface area (Å²) < 4.78 is 5.49. The van der Waals surface area contributed by atoms with Crippen molar-refractivity contribution in [1.29, 1.82) is 5.26 Å². The van der Waals surface area contributed by atoms with Crippen LogP contribution < -0.4 is 0 Å². The zero-order valence-electron chi connectivity index (χ0n) is 14.1. The molecule has 1 aliphatic heterocycles. The van der Waals surface area contributed by atoms with E-state index in [4.69, 9.17) is 10.00 Å². The number of carbonyl (C=O) groups excluding carboxylic acids is 1. The second-order valence-corrected chi connectivity index (χ2v) is 7.62. The number of nitrogens with zero attached hydrogens (tertiary/aromatic N) is 3. The molecule has 0 radical (unpaired) electrons. The highest BCUT2D eigenvalue weighted by Gasteiger charge is 2.49. The smallest absolute Gasteiger partial charge is 0.340 e. The minimum Gasteiger partial charge on any atom is -0.381 e.